The van der Waals surface area contributed by atoms with Crippen molar-refractivity contribution in [1.82, 2.24) is 0 Å². The summed E-state index contributed by atoms with van der Waals surface area (Å²) in [5, 5.41) is 9.90. The van der Waals surface area contributed by atoms with Crippen LogP contribution in [0.25, 0.3) is 0 Å². The molecule has 82 valence electrons. The molecule has 0 fully saturated rings. The normalized spacial score (nSPS) is 12.4. The lowest BCUT2D eigenvalue weighted by Crippen LogP contribution is -2.05. The standard InChI is InChI=1S/C13H17BrO/c1-2-11(10-14)9-13-6-4-3-5-12(13)7-8-15/h2-6,11,15H,1,7-10H2. The van der Waals surface area contributed by atoms with Crippen molar-refractivity contribution in [2.75, 3.05) is 11.9 Å². The largest absolute Gasteiger partial charge is 0.396 e. The molecule has 2 heteroatoms. The Balaban J connectivity index is 2.78. The smallest absolute Gasteiger partial charge is 0.0471 e. The summed E-state index contributed by atoms with van der Waals surface area (Å²) in [6.07, 6.45) is 3.71. The number of halogens is 1. The van der Waals surface area contributed by atoms with Crippen LogP contribution in [0.5, 0.6) is 0 Å². The van der Waals surface area contributed by atoms with Crippen molar-refractivity contribution in [2.24, 2.45) is 5.92 Å². The number of benzene rings is 1. The van der Waals surface area contributed by atoms with Gasteiger partial charge in [0.25, 0.3) is 0 Å². The fourth-order valence-corrected chi connectivity index (χ4v) is 2.10. The van der Waals surface area contributed by atoms with Gasteiger partial charge in [-0.25, -0.2) is 0 Å². The molecule has 0 saturated heterocycles. The molecule has 0 amide bonds. The van der Waals surface area contributed by atoms with Crippen LogP contribution >= 0.6 is 15.9 Å². The first-order chi connectivity index (χ1) is 7.31. The van der Waals surface area contributed by atoms with E-state index >= 15 is 0 Å². The van der Waals surface area contributed by atoms with Crippen LogP contribution in [-0.4, -0.2) is 17.0 Å². The Labute approximate surface area is 100.0 Å². The van der Waals surface area contributed by atoms with Gasteiger partial charge in [-0.2, -0.15) is 0 Å². The van der Waals surface area contributed by atoms with Crippen LogP contribution in [0.2, 0.25) is 0 Å². The molecular weight excluding hydrogens is 252 g/mol. The summed E-state index contributed by atoms with van der Waals surface area (Å²) < 4.78 is 0. The topological polar surface area (TPSA) is 20.2 Å². The van der Waals surface area contributed by atoms with Gasteiger partial charge in [-0.3, -0.25) is 0 Å². The van der Waals surface area contributed by atoms with E-state index in [9.17, 15) is 0 Å². The predicted octanol–water partition coefficient (Wildman–Crippen LogP) is 2.96. The first-order valence-electron chi connectivity index (χ1n) is 5.18. The summed E-state index contributed by atoms with van der Waals surface area (Å²) in [5.41, 5.74) is 2.56. The van der Waals surface area contributed by atoms with E-state index in [-0.39, 0.29) is 6.61 Å². The first-order valence-corrected chi connectivity index (χ1v) is 6.30. The van der Waals surface area contributed by atoms with Gasteiger partial charge in [0.2, 0.25) is 0 Å². The summed E-state index contributed by atoms with van der Waals surface area (Å²) in [4.78, 5) is 0. The Hall–Kier alpha value is -0.600. The number of rotatable bonds is 6. The van der Waals surface area contributed by atoms with Gasteiger partial charge >= 0.3 is 0 Å². The van der Waals surface area contributed by atoms with Gasteiger partial charge in [-0.1, -0.05) is 46.3 Å². The molecule has 0 aromatic heterocycles. The molecule has 1 aromatic rings. The van der Waals surface area contributed by atoms with Gasteiger partial charge in [0.1, 0.15) is 0 Å². The summed E-state index contributed by atoms with van der Waals surface area (Å²) in [7, 11) is 0. The summed E-state index contributed by atoms with van der Waals surface area (Å²) in [6.45, 7) is 4.04. The molecule has 1 unspecified atom stereocenters. The van der Waals surface area contributed by atoms with E-state index in [2.05, 4.69) is 34.6 Å². The van der Waals surface area contributed by atoms with Crippen molar-refractivity contribution >= 4 is 15.9 Å². The third-order valence-electron chi connectivity index (χ3n) is 2.51. The molecule has 1 atom stereocenters. The predicted molar refractivity (Wildman–Crippen MR) is 68.4 cm³/mol. The van der Waals surface area contributed by atoms with Crippen molar-refractivity contribution in [3.63, 3.8) is 0 Å². The average Bonchev–Trinajstić information content (AvgIpc) is 2.28. The number of hydrogen-bond acceptors (Lipinski definition) is 1. The van der Waals surface area contributed by atoms with Crippen LogP contribution < -0.4 is 0 Å². The molecule has 0 radical (unpaired) electrons. The highest BCUT2D eigenvalue weighted by atomic mass is 79.9. The lowest BCUT2D eigenvalue weighted by atomic mass is 9.95. The van der Waals surface area contributed by atoms with E-state index in [0.717, 1.165) is 18.2 Å². The molecule has 15 heavy (non-hydrogen) atoms. The SMILES string of the molecule is C=CC(CBr)Cc1ccccc1CCO. The van der Waals surface area contributed by atoms with Crippen molar-refractivity contribution in [2.45, 2.75) is 12.8 Å². The van der Waals surface area contributed by atoms with Crippen LogP contribution in [-0.2, 0) is 12.8 Å². The van der Waals surface area contributed by atoms with Gasteiger partial charge in [0, 0.05) is 11.9 Å². The average molecular weight is 269 g/mol. The van der Waals surface area contributed by atoms with Crippen LogP contribution in [0.3, 0.4) is 0 Å². The number of aliphatic hydroxyl groups is 1. The number of allylic oxidation sites excluding steroid dienone is 1. The molecule has 0 saturated carbocycles. The molecule has 1 N–H and O–H groups in total. The Morgan fingerprint density at radius 1 is 1.33 bits per heavy atom. The Bertz CT molecular complexity index is 309. The highest BCUT2D eigenvalue weighted by Gasteiger charge is 2.07. The fraction of sp³-hybridized carbons (Fsp3) is 0.385. The second kappa shape index (κ2) is 6.81. The summed E-state index contributed by atoms with van der Waals surface area (Å²) in [5.74, 6) is 0.463. The zero-order valence-corrected chi connectivity index (χ0v) is 10.4. The van der Waals surface area contributed by atoms with Crippen LogP contribution in [0.4, 0.5) is 0 Å². The van der Waals surface area contributed by atoms with Gasteiger partial charge in [0.15, 0.2) is 0 Å². The minimum Gasteiger partial charge on any atom is -0.396 e. The zero-order chi connectivity index (χ0) is 11.1. The van der Waals surface area contributed by atoms with E-state index in [1.165, 1.54) is 11.1 Å². The van der Waals surface area contributed by atoms with Crippen LogP contribution in [0.1, 0.15) is 11.1 Å². The van der Waals surface area contributed by atoms with E-state index in [1.54, 1.807) is 0 Å². The first kappa shape index (κ1) is 12.5. The van der Waals surface area contributed by atoms with Gasteiger partial charge in [-0.05, 0) is 29.9 Å². The molecule has 0 aliphatic heterocycles. The van der Waals surface area contributed by atoms with E-state index in [1.807, 2.05) is 18.2 Å². The number of hydrogen-bond donors (Lipinski definition) is 1. The van der Waals surface area contributed by atoms with Crippen molar-refractivity contribution in [3.05, 3.63) is 48.0 Å². The minimum absolute atomic E-state index is 0.212. The van der Waals surface area contributed by atoms with Crippen molar-refractivity contribution in [1.29, 1.82) is 0 Å². The van der Waals surface area contributed by atoms with Gasteiger partial charge in [-0.15, -0.1) is 6.58 Å². The van der Waals surface area contributed by atoms with Gasteiger partial charge in [0.05, 0.1) is 0 Å². The highest BCUT2D eigenvalue weighted by Crippen LogP contribution is 2.16. The second-order valence-corrected chi connectivity index (χ2v) is 4.24. The Morgan fingerprint density at radius 3 is 2.53 bits per heavy atom. The molecule has 0 heterocycles. The molecule has 1 rings (SSSR count). The van der Waals surface area contributed by atoms with E-state index in [4.69, 9.17) is 5.11 Å². The molecule has 0 bridgehead atoms. The fourth-order valence-electron chi connectivity index (χ4n) is 1.60. The maximum atomic E-state index is 8.96. The van der Waals surface area contributed by atoms with E-state index in [0.29, 0.717) is 5.92 Å². The zero-order valence-electron chi connectivity index (χ0n) is 8.82. The maximum absolute atomic E-state index is 8.96. The Morgan fingerprint density at radius 2 is 2.00 bits per heavy atom. The molecule has 1 nitrogen and oxygen atoms in total. The molecular formula is C13H17BrO. The van der Waals surface area contributed by atoms with Crippen LogP contribution in [0.15, 0.2) is 36.9 Å². The minimum atomic E-state index is 0.212. The third kappa shape index (κ3) is 3.80. The maximum Gasteiger partial charge on any atom is 0.0471 e. The lowest BCUT2D eigenvalue weighted by molar-refractivity contribution is 0.299. The lowest BCUT2D eigenvalue weighted by Gasteiger charge is -2.12. The van der Waals surface area contributed by atoms with Crippen LogP contribution in [0, 0.1) is 5.92 Å². The van der Waals surface area contributed by atoms with E-state index < -0.39 is 0 Å². The highest BCUT2D eigenvalue weighted by molar-refractivity contribution is 9.09. The van der Waals surface area contributed by atoms with Crippen molar-refractivity contribution in [3.8, 4) is 0 Å². The molecule has 1 aromatic carbocycles. The monoisotopic (exact) mass is 268 g/mol. The van der Waals surface area contributed by atoms with Gasteiger partial charge < -0.3 is 5.11 Å². The quantitative estimate of drug-likeness (QED) is 0.622. The molecule has 0 aliphatic rings. The summed E-state index contributed by atoms with van der Waals surface area (Å²) in [6, 6.07) is 8.28. The molecule has 0 spiro atoms. The second-order valence-electron chi connectivity index (χ2n) is 3.60. The molecule has 0 aliphatic carbocycles. The Kier molecular flexibility index (Phi) is 5.66. The third-order valence-corrected chi connectivity index (χ3v) is 3.34. The number of alkyl halides is 1. The van der Waals surface area contributed by atoms with Crippen molar-refractivity contribution < 1.29 is 5.11 Å². The summed E-state index contributed by atoms with van der Waals surface area (Å²) >= 11 is 3.48. The number of aliphatic hydroxyl groups excluding tert-OH is 1.